The van der Waals surface area contributed by atoms with E-state index in [4.69, 9.17) is 5.73 Å². The molecule has 1 aromatic heterocycles. The lowest BCUT2D eigenvalue weighted by Gasteiger charge is -2.09. The average molecular weight is 460 g/mol. The number of nitrogens with one attached hydrogen (secondary N) is 2. The van der Waals surface area contributed by atoms with Crippen LogP contribution in [0, 0.1) is 13.8 Å². The highest BCUT2D eigenvalue weighted by atomic mass is 32.2. The van der Waals surface area contributed by atoms with Crippen LogP contribution in [0.25, 0.3) is 0 Å². The van der Waals surface area contributed by atoms with Crippen molar-refractivity contribution in [1.82, 2.24) is 15.3 Å². The minimum absolute atomic E-state index is 0.0770. The molecule has 0 atom stereocenters. The molecular weight excluding hydrogens is 422 g/mol. The molecule has 32 heavy (non-hydrogen) atoms. The van der Waals surface area contributed by atoms with E-state index in [2.05, 4.69) is 39.1 Å². The predicted molar refractivity (Wildman–Crippen MR) is 134 cm³/mol. The molecule has 1 aliphatic carbocycles. The number of hydrogen-bond donors (Lipinski definition) is 3. The largest absolute Gasteiger partial charge is 0.356 e. The first-order chi connectivity index (χ1) is 15.3. The Labute approximate surface area is 193 Å². The monoisotopic (exact) mass is 459 g/mol. The normalized spacial score (nSPS) is 14.2. The first kappa shape index (κ1) is 27.3. The Kier molecular flexibility index (Phi) is 12.3. The first-order valence-electron chi connectivity index (χ1n) is 11.1. The van der Waals surface area contributed by atoms with E-state index in [1.807, 2.05) is 26.0 Å². The molecule has 0 aromatic carbocycles. The van der Waals surface area contributed by atoms with E-state index in [1.54, 1.807) is 38.1 Å². The third kappa shape index (κ3) is 9.62. The summed E-state index contributed by atoms with van der Waals surface area (Å²) in [7, 11) is -3.78. The number of rotatable bonds is 10. The Hall–Kier alpha value is -2.71. The van der Waals surface area contributed by atoms with E-state index in [1.165, 1.54) is 0 Å². The molecule has 0 amide bonds. The maximum Gasteiger partial charge on any atom is 0.263 e. The first-order valence-corrected chi connectivity index (χ1v) is 12.6. The van der Waals surface area contributed by atoms with Gasteiger partial charge in [0.15, 0.2) is 0 Å². The van der Waals surface area contributed by atoms with E-state index < -0.39 is 10.0 Å². The summed E-state index contributed by atoms with van der Waals surface area (Å²) < 4.78 is 28.0. The van der Waals surface area contributed by atoms with Gasteiger partial charge in [-0.1, -0.05) is 45.1 Å². The van der Waals surface area contributed by atoms with Crippen LogP contribution in [0.5, 0.6) is 0 Å². The van der Waals surface area contributed by atoms with Crippen molar-refractivity contribution < 1.29 is 8.42 Å². The van der Waals surface area contributed by atoms with Crippen LogP contribution < -0.4 is 15.8 Å². The molecule has 0 saturated carbocycles. The summed E-state index contributed by atoms with van der Waals surface area (Å²) in [6.45, 7) is 10.3. The summed E-state index contributed by atoms with van der Waals surface area (Å²) in [6.07, 6.45) is 16.4. The molecule has 0 fully saturated rings. The Morgan fingerprint density at radius 1 is 1.16 bits per heavy atom. The van der Waals surface area contributed by atoms with Gasteiger partial charge in [-0.25, -0.2) is 23.1 Å². The van der Waals surface area contributed by atoms with Crippen LogP contribution in [-0.2, 0) is 10.0 Å². The standard InChI is InChI=1S/C22H31N5O2S.C2H6/c1-4-9-19(10-6-5-7-15-23)26-20-11-8-12-21(14-13-20)30(28,29)27-22-24-17(2)16-18(3)25-22;1-2/h6,9-14,16,26H,4-5,7-8,15,23H2,1-3H3,(H,24,25,27);1-2H3/b10-6-,19-9+;. The lowest BCUT2D eigenvalue weighted by atomic mass is 10.2. The predicted octanol–water partition coefficient (Wildman–Crippen LogP) is 4.77. The maximum atomic E-state index is 12.8. The summed E-state index contributed by atoms with van der Waals surface area (Å²) in [4.78, 5) is 8.48. The summed E-state index contributed by atoms with van der Waals surface area (Å²) in [5.41, 5.74) is 8.74. The SMILES string of the molecule is CC.CC/C=C(\C=C/CCCN)NC1=CCC=C(S(=O)(=O)Nc2nc(C)cc(C)n2)C=C1. The third-order valence-electron chi connectivity index (χ3n) is 4.19. The Bertz CT molecular complexity index is 969. The van der Waals surface area contributed by atoms with Gasteiger partial charge in [0.1, 0.15) is 0 Å². The van der Waals surface area contributed by atoms with Gasteiger partial charge in [0, 0.05) is 22.8 Å². The zero-order valence-electron chi connectivity index (χ0n) is 19.9. The zero-order valence-corrected chi connectivity index (χ0v) is 20.7. The summed E-state index contributed by atoms with van der Waals surface area (Å²) in [6, 6.07) is 1.79. The van der Waals surface area contributed by atoms with Crippen LogP contribution in [0.3, 0.4) is 0 Å². The molecule has 1 aliphatic rings. The molecule has 0 saturated heterocycles. The van der Waals surface area contributed by atoms with Crippen LogP contribution in [0.2, 0.25) is 0 Å². The lowest BCUT2D eigenvalue weighted by Crippen LogP contribution is -2.16. The fourth-order valence-corrected chi connectivity index (χ4v) is 3.86. The van der Waals surface area contributed by atoms with Gasteiger partial charge in [-0.2, -0.15) is 0 Å². The van der Waals surface area contributed by atoms with Gasteiger partial charge in [-0.15, -0.1) is 0 Å². The molecule has 0 unspecified atom stereocenters. The third-order valence-corrected chi connectivity index (χ3v) is 5.56. The summed E-state index contributed by atoms with van der Waals surface area (Å²) in [5.74, 6) is 0.0770. The van der Waals surface area contributed by atoms with Crippen molar-refractivity contribution in [3.05, 3.63) is 76.3 Å². The zero-order chi connectivity index (χ0) is 24.0. The highest BCUT2D eigenvalue weighted by Gasteiger charge is 2.18. The molecule has 0 radical (unpaired) electrons. The number of hydrogen-bond acceptors (Lipinski definition) is 6. The molecule has 0 aliphatic heterocycles. The van der Waals surface area contributed by atoms with Gasteiger partial charge in [0.05, 0.1) is 4.91 Å². The van der Waals surface area contributed by atoms with Gasteiger partial charge in [-0.05, 0) is 70.4 Å². The molecule has 1 heterocycles. The number of allylic oxidation sites excluding steroid dienone is 7. The molecule has 0 bridgehead atoms. The fourth-order valence-electron chi connectivity index (χ4n) is 2.85. The van der Waals surface area contributed by atoms with Crippen LogP contribution >= 0.6 is 0 Å². The van der Waals surface area contributed by atoms with Crippen molar-refractivity contribution in [3.63, 3.8) is 0 Å². The van der Waals surface area contributed by atoms with Gasteiger partial charge >= 0.3 is 0 Å². The Balaban J connectivity index is 0.00000249. The Morgan fingerprint density at radius 2 is 1.84 bits per heavy atom. The van der Waals surface area contributed by atoms with Crippen molar-refractivity contribution >= 4 is 16.0 Å². The molecule has 1 aromatic rings. The molecule has 8 heteroatoms. The lowest BCUT2D eigenvalue weighted by molar-refractivity contribution is 0.607. The molecule has 0 spiro atoms. The van der Waals surface area contributed by atoms with Gasteiger partial charge < -0.3 is 11.1 Å². The van der Waals surface area contributed by atoms with Crippen LogP contribution in [0.4, 0.5) is 5.95 Å². The van der Waals surface area contributed by atoms with E-state index in [0.717, 1.165) is 30.7 Å². The molecule has 7 nitrogen and oxygen atoms in total. The number of sulfonamides is 1. The number of nitrogens with zero attached hydrogens (tertiary/aromatic N) is 2. The second-order valence-electron chi connectivity index (χ2n) is 6.94. The van der Waals surface area contributed by atoms with Crippen LogP contribution in [-0.4, -0.2) is 24.9 Å². The number of anilines is 1. The van der Waals surface area contributed by atoms with E-state index >= 15 is 0 Å². The topological polar surface area (TPSA) is 110 Å². The van der Waals surface area contributed by atoms with Crippen molar-refractivity contribution in [2.24, 2.45) is 5.73 Å². The van der Waals surface area contributed by atoms with E-state index in [9.17, 15) is 8.42 Å². The average Bonchev–Trinajstić information content (AvgIpc) is 2.98. The van der Waals surface area contributed by atoms with Crippen molar-refractivity contribution in [1.29, 1.82) is 0 Å². The van der Waals surface area contributed by atoms with Crippen molar-refractivity contribution in [3.8, 4) is 0 Å². The minimum atomic E-state index is -3.78. The van der Waals surface area contributed by atoms with Crippen molar-refractivity contribution in [2.45, 2.75) is 60.3 Å². The second kappa shape index (κ2) is 14.4. The molecule has 176 valence electrons. The molecule has 4 N–H and O–H groups in total. The summed E-state index contributed by atoms with van der Waals surface area (Å²) in [5, 5.41) is 3.35. The van der Waals surface area contributed by atoms with Crippen molar-refractivity contribution in [2.75, 3.05) is 11.3 Å². The highest BCUT2D eigenvalue weighted by molar-refractivity contribution is 7.96. The summed E-state index contributed by atoms with van der Waals surface area (Å²) >= 11 is 0. The smallest absolute Gasteiger partial charge is 0.263 e. The number of unbranched alkanes of at least 4 members (excludes halogenated alkanes) is 1. The minimum Gasteiger partial charge on any atom is -0.356 e. The number of nitrogens with two attached hydrogens (primary N) is 1. The molecule has 2 rings (SSSR count). The van der Waals surface area contributed by atoms with Crippen LogP contribution in [0.15, 0.2) is 64.9 Å². The van der Waals surface area contributed by atoms with Gasteiger partial charge in [0.2, 0.25) is 5.95 Å². The second-order valence-corrected chi connectivity index (χ2v) is 8.62. The quantitative estimate of drug-likeness (QED) is 0.343. The van der Waals surface area contributed by atoms with E-state index in [-0.39, 0.29) is 10.9 Å². The van der Waals surface area contributed by atoms with E-state index in [0.29, 0.717) is 24.4 Å². The number of aryl methyl sites for hydroxylation is 2. The number of aromatic nitrogens is 2. The molecular formula is C24H37N5O2S. The Morgan fingerprint density at radius 3 is 2.47 bits per heavy atom. The fraction of sp³-hybridized carbons (Fsp3) is 0.417. The van der Waals surface area contributed by atoms with Gasteiger partial charge in [0.25, 0.3) is 10.0 Å². The van der Waals surface area contributed by atoms with Gasteiger partial charge in [-0.3, -0.25) is 0 Å². The maximum absolute atomic E-state index is 12.8. The van der Waals surface area contributed by atoms with Crippen LogP contribution in [0.1, 0.15) is 57.8 Å². The highest BCUT2D eigenvalue weighted by Crippen LogP contribution is 2.18.